The van der Waals surface area contributed by atoms with Crippen molar-refractivity contribution in [3.8, 4) is 5.75 Å². The van der Waals surface area contributed by atoms with Crippen molar-refractivity contribution >= 4 is 27.9 Å². The minimum absolute atomic E-state index is 0.0448. The second-order valence-corrected chi connectivity index (χ2v) is 7.31. The molecule has 9 heteroatoms. The number of hydrogen-bond donors (Lipinski definition) is 1. The van der Waals surface area contributed by atoms with E-state index in [1.807, 2.05) is 0 Å². The molecule has 0 unspecified atom stereocenters. The summed E-state index contributed by atoms with van der Waals surface area (Å²) in [6.07, 6.45) is 0. The van der Waals surface area contributed by atoms with Crippen molar-refractivity contribution in [3.63, 3.8) is 0 Å². The van der Waals surface area contributed by atoms with Gasteiger partial charge in [0, 0.05) is 17.8 Å². The van der Waals surface area contributed by atoms with E-state index in [1.54, 1.807) is 37.3 Å². The molecule has 0 fully saturated rings. The van der Waals surface area contributed by atoms with Crippen LogP contribution in [0.2, 0.25) is 0 Å². The van der Waals surface area contributed by atoms with Crippen LogP contribution in [0.4, 0.5) is 10.1 Å². The lowest BCUT2D eigenvalue weighted by Gasteiger charge is -2.09. The molecule has 1 amide bonds. The van der Waals surface area contributed by atoms with Crippen LogP contribution in [0.5, 0.6) is 5.75 Å². The fourth-order valence-corrected chi connectivity index (χ4v) is 3.46. The van der Waals surface area contributed by atoms with E-state index in [0.29, 0.717) is 22.1 Å². The zero-order valence-corrected chi connectivity index (χ0v) is 16.1. The summed E-state index contributed by atoms with van der Waals surface area (Å²) in [5.41, 5.74) is 0.609. The molecule has 0 aliphatic carbocycles. The molecule has 0 atom stereocenters. The number of carbonyl (C=O) groups is 1. The standard InChI is InChI=1S/C20H15FN4O3S/c1-12-24-25-18(26)10-14(23-20(25)29-12)11-28-15-6-4-5-13(9-15)22-19(27)16-7-2-3-8-17(16)21/h2-10H,11H2,1H3,(H,22,27). The number of nitrogens with zero attached hydrogens (tertiary/aromatic N) is 3. The molecule has 0 saturated heterocycles. The molecule has 0 spiro atoms. The number of anilines is 1. The SMILES string of the molecule is Cc1nn2c(=O)cc(COc3cccc(NC(=O)c4ccccc4F)c3)nc2s1. The van der Waals surface area contributed by atoms with Crippen molar-refractivity contribution in [1.82, 2.24) is 14.6 Å². The minimum Gasteiger partial charge on any atom is -0.487 e. The van der Waals surface area contributed by atoms with Crippen molar-refractivity contribution in [2.75, 3.05) is 5.32 Å². The average Bonchev–Trinajstić information content (AvgIpc) is 3.08. The number of aromatic nitrogens is 3. The third kappa shape index (κ3) is 4.14. The molecule has 0 radical (unpaired) electrons. The number of rotatable bonds is 5. The Balaban J connectivity index is 1.47. The lowest BCUT2D eigenvalue weighted by atomic mass is 10.2. The predicted octanol–water partition coefficient (Wildman–Crippen LogP) is 3.43. The van der Waals surface area contributed by atoms with Crippen LogP contribution >= 0.6 is 11.3 Å². The van der Waals surface area contributed by atoms with Crippen LogP contribution in [0.25, 0.3) is 4.96 Å². The second-order valence-electron chi connectivity index (χ2n) is 6.15. The van der Waals surface area contributed by atoms with E-state index in [-0.39, 0.29) is 17.7 Å². The van der Waals surface area contributed by atoms with Crippen molar-refractivity contribution < 1.29 is 13.9 Å². The highest BCUT2D eigenvalue weighted by Crippen LogP contribution is 2.20. The Kier molecular flexibility index (Phi) is 5.05. The van der Waals surface area contributed by atoms with Crippen LogP contribution in [0.1, 0.15) is 21.1 Å². The highest BCUT2D eigenvalue weighted by Gasteiger charge is 2.12. The van der Waals surface area contributed by atoms with Gasteiger partial charge in [-0.05, 0) is 31.2 Å². The second kappa shape index (κ2) is 7.80. The Morgan fingerprint density at radius 3 is 2.86 bits per heavy atom. The van der Waals surface area contributed by atoms with Crippen LogP contribution in [0.3, 0.4) is 0 Å². The van der Waals surface area contributed by atoms with Gasteiger partial charge in [-0.3, -0.25) is 9.59 Å². The molecule has 2 heterocycles. The summed E-state index contributed by atoms with van der Waals surface area (Å²) >= 11 is 1.32. The van der Waals surface area contributed by atoms with Crippen LogP contribution in [-0.4, -0.2) is 20.5 Å². The Morgan fingerprint density at radius 2 is 2.03 bits per heavy atom. The Morgan fingerprint density at radius 1 is 1.21 bits per heavy atom. The number of carbonyl (C=O) groups excluding carboxylic acids is 1. The minimum atomic E-state index is -0.594. The summed E-state index contributed by atoms with van der Waals surface area (Å²) in [5, 5.41) is 7.48. The van der Waals surface area contributed by atoms with E-state index < -0.39 is 11.7 Å². The molecule has 1 N–H and O–H groups in total. The molecule has 4 rings (SSSR count). The topological polar surface area (TPSA) is 85.6 Å². The van der Waals surface area contributed by atoms with Gasteiger partial charge in [-0.15, -0.1) is 0 Å². The van der Waals surface area contributed by atoms with E-state index in [0.717, 1.165) is 5.01 Å². The molecule has 7 nitrogen and oxygen atoms in total. The molecule has 29 heavy (non-hydrogen) atoms. The first-order valence-corrected chi connectivity index (χ1v) is 9.46. The lowest BCUT2D eigenvalue weighted by Crippen LogP contribution is -2.16. The number of amides is 1. The fourth-order valence-electron chi connectivity index (χ4n) is 2.69. The number of aryl methyl sites for hydroxylation is 1. The van der Waals surface area contributed by atoms with Gasteiger partial charge in [0.25, 0.3) is 11.5 Å². The predicted molar refractivity (Wildman–Crippen MR) is 107 cm³/mol. The number of nitrogens with one attached hydrogen (secondary N) is 1. The zero-order chi connectivity index (χ0) is 20.4. The molecule has 0 aliphatic rings. The summed E-state index contributed by atoms with van der Waals surface area (Å²) < 4.78 is 20.7. The molecule has 146 valence electrons. The summed E-state index contributed by atoms with van der Waals surface area (Å²) in [6, 6.07) is 13.8. The van der Waals surface area contributed by atoms with E-state index in [2.05, 4.69) is 15.4 Å². The molecule has 4 aromatic rings. The molecule has 0 bridgehead atoms. The zero-order valence-electron chi connectivity index (χ0n) is 15.3. The Hall–Kier alpha value is -3.59. The third-order valence-electron chi connectivity index (χ3n) is 4.00. The van der Waals surface area contributed by atoms with Gasteiger partial charge in [0.05, 0.1) is 11.3 Å². The normalized spacial score (nSPS) is 10.8. The molecule has 0 saturated carbocycles. The van der Waals surface area contributed by atoms with Crippen molar-refractivity contribution in [3.05, 3.63) is 87.0 Å². The quantitative estimate of drug-likeness (QED) is 0.545. The first-order chi connectivity index (χ1) is 14.0. The van der Waals surface area contributed by atoms with Gasteiger partial charge in [0.15, 0.2) is 0 Å². The lowest BCUT2D eigenvalue weighted by molar-refractivity contribution is 0.102. The Labute approximate surface area is 168 Å². The van der Waals surface area contributed by atoms with Crippen LogP contribution < -0.4 is 15.6 Å². The molecule has 0 aliphatic heterocycles. The van der Waals surface area contributed by atoms with Gasteiger partial charge in [0.1, 0.15) is 23.2 Å². The van der Waals surface area contributed by atoms with E-state index >= 15 is 0 Å². The van der Waals surface area contributed by atoms with Gasteiger partial charge in [-0.25, -0.2) is 9.37 Å². The largest absolute Gasteiger partial charge is 0.487 e. The third-order valence-corrected chi connectivity index (χ3v) is 4.82. The van der Waals surface area contributed by atoms with E-state index in [4.69, 9.17) is 4.74 Å². The highest BCUT2D eigenvalue weighted by atomic mass is 32.1. The smallest absolute Gasteiger partial charge is 0.275 e. The van der Waals surface area contributed by atoms with E-state index in [9.17, 15) is 14.0 Å². The van der Waals surface area contributed by atoms with Crippen LogP contribution in [-0.2, 0) is 6.61 Å². The fraction of sp³-hybridized carbons (Fsp3) is 0.100. The first-order valence-electron chi connectivity index (χ1n) is 8.65. The van der Waals surface area contributed by atoms with Gasteiger partial charge in [-0.2, -0.15) is 9.61 Å². The van der Waals surface area contributed by atoms with Gasteiger partial charge >= 0.3 is 0 Å². The highest BCUT2D eigenvalue weighted by molar-refractivity contribution is 7.16. The van der Waals surface area contributed by atoms with Crippen LogP contribution in [0, 0.1) is 12.7 Å². The summed E-state index contributed by atoms with van der Waals surface area (Å²) in [4.78, 5) is 29.2. The molecular formula is C20H15FN4O3S. The monoisotopic (exact) mass is 410 g/mol. The maximum absolute atomic E-state index is 13.8. The molecular weight excluding hydrogens is 395 g/mol. The number of benzene rings is 2. The molecule has 2 aromatic carbocycles. The van der Waals surface area contributed by atoms with E-state index in [1.165, 1.54) is 40.1 Å². The van der Waals surface area contributed by atoms with Crippen molar-refractivity contribution in [2.24, 2.45) is 0 Å². The first kappa shape index (κ1) is 18.8. The average molecular weight is 410 g/mol. The van der Waals surface area contributed by atoms with Gasteiger partial charge < -0.3 is 10.1 Å². The maximum atomic E-state index is 13.8. The maximum Gasteiger partial charge on any atom is 0.275 e. The summed E-state index contributed by atoms with van der Waals surface area (Å²) in [7, 11) is 0. The summed E-state index contributed by atoms with van der Waals surface area (Å²) in [6.45, 7) is 1.88. The Bertz CT molecular complexity index is 1270. The van der Waals surface area contributed by atoms with Crippen molar-refractivity contribution in [2.45, 2.75) is 13.5 Å². The summed E-state index contributed by atoms with van der Waals surface area (Å²) in [5.74, 6) is -0.678. The number of fused-ring (bicyclic) bond motifs is 1. The molecule has 2 aromatic heterocycles. The van der Waals surface area contributed by atoms with Gasteiger partial charge in [-0.1, -0.05) is 29.5 Å². The number of halogens is 1. The van der Waals surface area contributed by atoms with Crippen LogP contribution in [0.15, 0.2) is 59.4 Å². The van der Waals surface area contributed by atoms with Crippen molar-refractivity contribution in [1.29, 1.82) is 0 Å². The van der Waals surface area contributed by atoms with Gasteiger partial charge in [0.2, 0.25) is 4.96 Å². The number of ether oxygens (including phenoxy) is 1. The number of hydrogen-bond acceptors (Lipinski definition) is 6.